The largest absolute Gasteiger partial charge is 0.418 e. The average Bonchev–Trinajstić information content (AvgIpc) is 2.49. The Hall–Kier alpha value is -2.55. The summed E-state index contributed by atoms with van der Waals surface area (Å²) in [6, 6.07) is 0.217. The maximum Gasteiger partial charge on any atom is 0.418 e. The lowest BCUT2D eigenvalue weighted by atomic mass is 10.1. The van der Waals surface area contributed by atoms with E-state index in [-0.39, 0.29) is 24.4 Å². The van der Waals surface area contributed by atoms with Gasteiger partial charge in [0.05, 0.1) is 15.4 Å². The first-order valence-electron chi connectivity index (χ1n) is 7.01. The number of unbranched alkanes of at least 4 members (excludes halogenated alkanes) is 2. The van der Waals surface area contributed by atoms with Gasteiger partial charge in [-0.05, 0) is 18.2 Å². The molecule has 12 heteroatoms. The van der Waals surface area contributed by atoms with Gasteiger partial charge in [0.2, 0.25) is 0 Å². The van der Waals surface area contributed by atoms with E-state index in [4.69, 9.17) is 5.26 Å². The van der Waals surface area contributed by atoms with E-state index in [1.165, 1.54) is 5.40 Å². The van der Waals surface area contributed by atoms with E-state index >= 15 is 0 Å². The van der Waals surface area contributed by atoms with Crippen molar-refractivity contribution in [3.63, 3.8) is 0 Å². The van der Waals surface area contributed by atoms with Crippen LogP contribution in [-0.2, 0) is 6.18 Å². The van der Waals surface area contributed by atoms with Gasteiger partial charge < -0.3 is 5.32 Å². The Bertz CT molecular complexity index is 719. The number of nitrogens with zero attached hydrogens (tertiary/aromatic N) is 3. The van der Waals surface area contributed by atoms with Crippen molar-refractivity contribution in [3.8, 4) is 5.40 Å². The van der Waals surface area contributed by atoms with Crippen LogP contribution in [0.2, 0.25) is 0 Å². The summed E-state index contributed by atoms with van der Waals surface area (Å²) in [6.07, 6.45) is -3.02. The molecule has 1 N–H and O–H groups in total. The number of nitro groups is 2. The topological polar surface area (TPSA) is 122 Å². The Morgan fingerprint density at radius 2 is 1.92 bits per heavy atom. The standard InChI is InChI=1S/C13H13F3N4O4S/c1-2-3-4-5-18-10-9(19(21)22)6-8(13(14,15)16)12(25-7-17)11(10)20(23)24/h6,18H,2-5H2,1H3. The molecule has 0 atom stereocenters. The fourth-order valence-electron chi connectivity index (χ4n) is 2.08. The molecule has 0 unspecified atom stereocenters. The first kappa shape index (κ1) is 20.5. The number of hydrogen-bond acceptors (Lipinski definition) is 7. The Labute approximate surface area is 144 Å². The van der Waals surface area contributed by atoms with Crippen molar-refractivity contribution < 1.29 is 23.0 Å². The summed E-state index contributed by atoms with van der Waals surface area (Å²) in [5, 5.41) is 35.0. The first-order valence-corrected chi connectivity index (χ1v) is 7.83. The second kappa shape index (κ2) is 8.52. The third-order valence-corrected chi connectivity index (χ3v) is 3.86. The smallest absolute Gasteiger partial charge is 0.374 e. The Morgan fingerprint density at radius 3 is 2.36 bits per heavy atom. The van der Waals surface area contributed by atoms with Gasteiger partial charge in [-0.2, -0.15) is 18.4 Å². The van der Waals surface area contributed by atoms with Crippen molar-refractivity contribution >= 4 is 28.8 Å². The van der Waals surface area contributed by atoms with E-state index in [0.717, 1.165) is 12.8 Å². The highest BCUT2D eigenvalue weighted by atomic mass is 32.2. The van der Waals surface area contributed by atoms with Crippen LogP contribution >= 0.6 is 11.8 Å². The minimum Gasteiger partial charge on any atom is -0.374 e. The molecule has 0 saturated carbocycles. The highest BCUT2D eigenvalue weighted by molar-refractivity contribution is 8.04. The van der Waals surface area contributed by atoms with Crippen LogP contribution in [-0.4, -0.2) is 16.4 Å². The molecule has 1 aromatic carbocycles. The van der Waals surface area contributed by atoms with Crippen molar-refractivity contribution in [1.29, 1.82) is 5.26 Å². The molecule has 25 heavy (non-hydrogen) atoms. The molecule has 0 aliphatic carbocycles. The lowest BCUT2D eigenvalue weighted by Gasteiger charge is -2.14. The van der Waals surface area contributed by atoms with Crippen LogP contribution in [0.1, 0.15) is 31.7 Å². The summed E-state index contributed by atoms with van der Waals surface area (Å²) in [6.45, 7) is 2.00. The number of thiocyanates is 1. The van der Waals surface area contributed by atoms with Crippen molar-refractivity contribution in [2.45, 2.75) is 37.3 Å². The second-order valence-corrected chi connectivity index (χ2v) is 5.63. The summed E-state index contributed by atoms with van der Waals surface area (Å²) >= 11 is -0.0567. The van der Waals surface area contributed by atoms with Gasteiger partial charge in [-0.3, -0.25) is 20.2 Å². The molecule has 0 radical (unpaired) electrons. The number of thioether (sulfide) groups is 1. The first-order chi connectivity index (χ1) is 11.6. The summed E-state index contributed by atoms with van der Waals surface area (Å²) in [4.78, 5) is 19.2. The number of nitrogens with one attached hydrogen (secondary N) is 1. The number of nitro benzene ring substituents is 2. The number of nitriles is 1. The minimum atomic E-state index is -5.09. The molecule has 0 aliphatic heterocycles. The van der Waals surface area contributed by atoms with Crippen molar-refractivity contribution in [2.75, 3.05) is 11.9 Å². The van der Waals surface area contributed by atoms with Crippen molar-refractivity contribution in [2.24, 2.45) is 0 Å². The van der Waals surface area contributed by atoms with Crippen LogP contribution in [0, 0.1) is 30.9 Å². The van der Waals surface area contributed by atoms with Crippen LogP contribution in [0.5, 0.6) is 0 Å². The molecule has 0 aromatic heterocycles. The van der Waals surface area contributed by atoms with Crippen molar-refractivity contribution in [3.05, 3.63) is 31.9 Å². The van der Waals surface area contributed by atoms with Crippen LogP contribution in [0.3, 0.4) is 0 Å². The highest BCUT2D eigenvalue weighted by Gasteiger charge is 2.42. The Morgan fingerprint density at radius 1 is 1.28 bits per heavy atom. The maximum atomic E-state index is 13.2. The summed E-state index contributed by atoms with van der Waals surface area (Å²) in [5.74, 6) is 0. The van der Waals surface area contributed by atoms with E-state index in [1.807, 2.05) is 6.92 Å². The van der Waals surface area contributed by atoms with Crippen LogP contribution in [0.25, 0.3) is 0 Å². The highest BCUT2D eigenvalue weighted by Crippen LogP contribution is 2.48. The van der Waals surface area contributed by atoms with Gasteiger partial charge >= 0.3 is 11.9 Å². The number of halogens is 3. The molecule has 1 aromatic rings. The lowest BCUT2D eigenvalue weighted by Crippen LogP contribution is -2.13. The number of anilines is 1. The molecule has 0 heterocycles. The normalized spacial score (nSPS) is 11.0. The molecule has 1 rings (SSSR count). The summed E-state index contributed by atoms with van der Waals surface area (Å²) in [5.41, 5.74) is -4.39. The molecular formula is C13H13F3N4O4S. The number of rotatable bonds is 8. The number of hydrogen-bond donors (Lipinski definition) is 1. The fourth-order valence-corrected chi connectivity index (χ4v) is 2.73. The number of alkyl halides is 3. The molecule has 0 fully saturated rings. The van der Waals surface area contributed by atoms with Gasteiger partial charge in [0.1, 0.15) is 10.3 Å². The third-order valence-electron chi connectivity index (χ3n) is 3.15. The van der Waals surface area contributed by atoms with E-state index in [0.29, 0.717) is 6.42 Å². The van der Waals surface area contributed by atoms with Gasteiger partial charge in [0.25, 0.3) is 5.69 Å². The molecule has 0 bridgehead atoms. The molecule has 0 spiro atoms. The second-order valence-electron chi connectivity index (χ2n) is 4.84. The van der Waals surface area contributed by atoms with Gasteiger partial charge in [0.15, 0.2) is 5.69 Å². The van der Waals surface area contributed by atoms with Gasteiger partial charge in [0, 0.05) is 12.6 Å². The predicted octanol–water partition coefficient (Wildman–Crippen LogP) is 4.70. The zero-order valence-electron chi connectivity index (χ0n) is 12.9. The zero-order valence-corrected chi connectivity index (χ0v) is 13.7. The number of benzene rings is 1. The molecule has 8 nitrogen and oxygen atoms in total. The maximum absolute atomic E-state index is 13.2. The van der Waals surface area contributed by atoms with E-state index in [9.17, 15) is 33.4 Å². The van der Waals surface area contributed by atoms with E-state index < -0.39 is 43.5 Å². The van der Waals surface area contributed by atoms with Crippen LogP contribution in [0.15, 0.2) is 11.0 Å². The van der Waals surface area contributed by atoms with E-state index in [2.05, 4.69) is 5.32 Å². The quantitative estimate of drug-likeness (QED) is 0.229. The Kier molecular flexibility index (Phi) is 6.98. The lowest BCUT2D eigenvalue weighted by molar-refractivity contribution is -0.394. The third kappa shape index (κ3) is 4.96. The Balaban J connectivity index is 3.66. The molecule has 0 amide bonds. The van der Waals surface area contributed by atoms with E-state index in [1.54, 1.807) is 0 Å². The van der Waals surface area contributed by atoms with Gasteiger partial charge in [-0.25, -0.2) is 0 Å². The predicted molar refractivity (Wildman–Crippen MR) is 84.2 cm³/mol. The molecular weight excluding hydrogens is 365 g/mol. The average molecular weight is 378 g/mol. The summed E-state index contributed by atoms with van der Waals surface area (Å²) in [7, 11) is 0. The SMILES string of the molecule is CCCCCNc1c([N+](=O)[O-])cc(C(F)(F)F)c(SC#N)c1[N+](=O)[O-]. The van der Waals surface area contributed by atoms with Crippen LogP contribution < -0.4 is 5.32 Å². The van der Waals surface area contributed by atoms with Crippen LogP contribution in [0.4, 0.5) is 30.2 Å². The van der Waals surface area contributed by atoms with Gasteiger partial charge in [-0.15, -0.1) is 0 Å². The van der Waals surface area contributed by atoms with Gasteiger partial charge in [-0.1, -0.05) is 19.8 Å². The zero-order chi connectivity index (χ0) is 19.2. The minimum absolute atomic E-state index is 0.0567. The molecule has 0 aliphatic rings. The molecule has 0 saturated heterocycles. The monoisotopic (exact) mass is 378 g/mol. The van der Waals surface area contributed by atoms with Crippen molar-refractivity contribution in [1.82, 2.24) is 0 Å². The fraction of sp³-hybridized carbons (Fsp3) is 0.462. The molecule has 136 valence electrons. The summed E-state index contributed by atoms with van der Waals surface area (Å²) < 4.78 is 39.5.